The van der Waals surface area contributed by atoms with Gasteiger partial charge >= 0.3 is 0 Å². The smallest absolute Gasteiger partial charge is 0.227 e. The highest BCUT2D eigenvalue weighted by Gasteiger charge is 2.29. The number of benzene rings is 1. The Kier molecular flexibility index (Phi) is 4.88. The fourth-order valence-electron chi connectivity index (χ4n) is 3.28. The lowest BCUT2D eigenvalue weighted by Crippen LogP contribution is -2.48. The summed E-state index contributed by atoms with van der Waals surface area (Å²) in [5.74, 6) is 0.497. The van der Waals surface area contributed by atoms with E-state index < -0.39 is 0 Å². The van der Waals surface area contributed by atoms with Gasteiger partial charge in [-0.2, -0.15) is 0 Å². The van der Waals surface area contributed by atoms with E-state index in [2.05, 4.69) is 29.2 Å². The van der Waals surface area contributed by atoms with Gasteiger partial charge in [-0.05, 0) is 24.9 Å². The molecule has 1 atom stereocenters. The fraction of sp³-hybridized carbons (Fsp3) is 0.588. The molecule has 3 rings (SSSR count). The van der Waals surface area contributed by atoms with Gasteiger partial charge in [0.1, 0.15) is 0 Å². The van der Waals surface area contributed by atoms with Crippen molar-refractivity contribution >= 4 is 5.91 Å². The lowest BCUT2D eigenvalue weighted by molar-refractivity contribution is -0.141. The molecule has 0 bridgehead atoms. The predicted molar refractivity (Wildman–Crippen MR) is 81.8 cm³/mol. The number of nitrogens with zero attached hydrogens (tertiary/aromatic N) is 2. The summed E-state index contributed by atoms with van der Waals surface area (Å²) in [6.07, 6.45) is 2.15. The van der Waals surface area contributed by atoms with Crippen LogP contribution in [0.15, 0.2) is 30.3 Å². The average Bonchev–Trinajstić information content (AvgIpc) is 2.56. The average molecular weight is 288 g/mol. The van der Waals surface area contributed by atoms with E-state index in [1.165, 1.54) is 5.56 Å². The molecule has 1 amide bonds. The molecule has 0 spiro atoms. The van der Waals surface area contributed by atoms with Crippen LogP contribution in [0.3, 0.4) is 0 Å². The number of amides is 1. The second kappa shape index (κ2) is 7.05. The van der Waals surface area contributed by atoms with Gasteiger partial charge in [0.25, 0.3) is 0 Å². The number of carbonyl (C=O) groups is 1. The Morgan fingerprint density at radius 3 is 2.67 bits per heavy atom. The third-order valence-electron chi connectivity index (χ3n) is 4.43. The molecule has 4 heteroatoms. The maximum absolute atomic E-state index is 12.6. The summed E-state index contributed by atoms with van der Waals surface area (Å²) >= 11 is 0. The Bertz CT molecular complexity index is 457. The summed E-state index contributed by atoms with van der Waals surface area (Å²) in [6, 6.07) is 10.5. The Hall–Kier alpha value is -1.39. The molecule has 1 aromatic carbocycles. The van der Waals surface area contributed by atoms with Gasteiger partial charge in [-0.25, -0.2) is 0 Å². The number of rotatable bonds is 3. The molecule has 2 saturated heterocycles. The number of likely N-dealkylation sites (tertiary alicyclic amines) is 1. The molecule has 2 fully saturated rings. The zero-order valence-electron chi connectivity index (χ0n) is 12.5. The van der Waals surface area contributed by atoms with Crippen molar-refractivity contribution in [2.24, 2.45) is 5.92 Å². The Balaban J connectivity index is 1.56. The van der Waals surface area contributed by atoms with Crippen LogP contribution in [0.5, 0.6) is 0 Å². The highest BCUT2D eigenvalue weighted by molar-refractivity contribution is 5.79. The first-order valence-corrected chi connectivity index (χ1v) is 7.96. The van der Waals surface area contributed by atoms with Crippen molar-refractivity contribution in [3.8, 4) is 0 Å². The van der Waals surface area contributed by atoms with Crippen LogP contribution < -0.4 is 0 Å². The number of hydrogen-bond acceptors (Lipinski definition) is 3. The highest BCUT2D eigenvalue weighted by atomic mass is 16.5. The van der Waals surface area contributed by atoms with Crippen LogP contribution in [-0.2, 0) is 16.1 Å². The van der Waals surface area contributed by atoms with Crippen molar-refractivity contribution in [1.29, 1.82) is 0 Å². The summed E-state index contributed by atoms with van der Waals surface area (Å²) in [4.78, 5) is 17.0. The maximum atomic E-state index is 12.6. The first-order valence-electron chi connectivity index (χ1n) is 7.96. The maximum Gasteiger partial charge on any atom is 0.227 e. The van der Waals surface area contributed by atoms with Crippen LogP contribution in [0.4, 0.5) is 0 Å². The standard InChI is InChI=1S/C17H24N2O2/c20-17(19-9-11-21-12-10-19)16-7-4-8-18(14-16)13-15-5-2-1-3-6-15/h1-3,5-6,16H,4,7-14H2/t16-/m0/s1. The molecule has 21 heavy (non-hydrogen) atoms. The number of carbonyl (C=O) groups excluding carboxylic acids is 1. The monoisotopic (exact) mass is 288 g/mol. The van der Waals surface area contributed by atoms with Gasteiger partial charge in [-0.3, -0.25) is 9.69 Å². The fourth-order valence-corrected chi connectivity index (χ4v) is 3.28. The van der Waals surface area contributed by atoms with Crippen molar-refractivity contribution in [3.63, 3.8) is 0 Å². The van der Waals surface area contributed by atoms with Crippen molar-refractivity contribution in [2.45, 2.75) is 19.4 Å². The summed E-state index contributed by atoms with van der Waals surface area (Å²) in [7, 11) is 0. The molecule has 4 nitrogen and oxygen atoms in total. The SMILES string of the molecule is O=C([C@H]1CCCN(Cc2ccccc2)C1)N1CCOCC1. The molecule has 114 valence electrons. The molecule has 0 unspecified atom stereocenters. The van der Waals surface area contributed by atoms with Gasteiger partial charge in [0.15, 0.2) is 0 Å². The zero-order valence-corrected chi connectivity index (χ0v) is 12.5. The second-order valence-corrected chi connectivity index (χ2v) is 6.00. The molecule has 0 N–H and O–H groups in total. The topological polar surface area (TPSA) is 32.8 Å². The number of morpholine rings is 1. The van der Waals surface area contributed by atoms with Gasteiger partial charge in [-0.1, -0.05) is 30.3 Å². The lowest BCUT2D eigenvalue weighted by Gasteiger charge is -2.36. The van der Waals surface area contributed by atoms with Crippen molar-refractivity contribution in [2.75, 3.05) is 39.4 Å². The summed E-state index contributed by atoms with van der Waals surface area (Å²) < 4.78 is 5.33. The second-order valence-electron chi connectivity index (χ2n) is 6.00. The molecule has 0 aromatic heterocycles. The molecule has 0 saturated carbocycles. The molecular formula is C17H24N2O2. The van der Waals surface area contributed by atoms with Crippen LogP contribution in [0.25, 0.3) is 0 Å². The van der Waals surface area contributed by atoms with E-state index in [1.807, 2.05) is 11.0 Å². The minimum absolute atomic E-state index is 0.167. The minimum atomic E-state index is 0.167. The summed E-state index contributed by atoms with van der Waals surface area (Å²) in [5, 5.41) is 0. The van der Waals surface area contributed by atoms with E-state index in [0.717, 1.165) is 45.6 Å². The molecule has 1 aromatic rings. The number of hydrogen-bond donors (Lipinski definition) is 0. The van der Waals surface area contributed by atoms with Gasteiger partial charge in [0, 0.05) is 26.2 Å². The molecule has 2 aliphatic heterocycles. The van der Waals surface area contributed by atoms with E-state index in [-0.39, 0.29) is 5.92 Å². The van der Waals surface area contributed by atoms with Gasteiger partial charge in [-0.15, -0.1) is 0 Å². The third-order valence-corrected chi connectivity index (χ3v) is 4.43. The van der Waals surface area contributed by atoms with E-state index >= 15 is 0 Å². The first kappa shape index (κ1) is 14.5. The number of piperidine rings is 1. The molecule has 2 aliphatic rings. The van der Waals surface area contributed by atoms with Crippen LogP contribution >= 0.6 is 0 Å². The quantitative estimate of drug-likeness (QED) is 0.849. The summed E-state index contributed by atoms with van der Waals surface area (Å²) in [5.41, 5.74) is 1.33. The Morgan fingerprint density at radius 1 is 1.14 bits per heavy atom. The van der Waals surface area contributed by atoms with E-state index in [9.17, 15) is 4.79 Å². The first-order chi connectivity index (χ1) is 10.3. The summed E-state index contributed by atoms with van der Waals surface area (Å²) in [6.45, 7) is 5.83. The zero-order chi connectivity index (χ0) is 14.5. The lowest BCUT2D eigenvalue weighted by atomic mass is 9.96. The van der Waals surface area contributed by atoms with Crippen LogP contribution in [0.2, 0.25) is 0 Å². The van der Waals surface area contributed by atoms with Gasteiger partial charge in [0.2, 0.25) is 5.91 Å². The van der Waals surface area contributed by atoms with Crippen molar-refractivity contribution in [1.82, 2.24) is 9.80 Å². The van der Waals surface area contributed by atoms with Crippen molar-refractivity contribution < 1.29 is 9.53 Å². The van der Waals surface area contributed by atoms with Gasteiger partial charge in [0.05, 0.1) is 19.1 Å². The molecule has 2 heterocycles. The Morgan fingerprint density at radius 2 is 1.90 bits per heavy atom. The molecular weight excluding hydrogens is 264 g/mol. The third kappa shape index (κ3) is 3.83. The van der Waals surface area contributed by atoms with E-state index in [1.54, 1.807) is 0 Å². The number of ether oxygens (including phenoxy) is 1. The largest absolute Gasteiger partial charge is 0.378 e. The predicted octanol–water partition coefficient (Wildman–Crippen LogP) is 1.76. The van der Waals surface area contributed by atoms with Crippen LogP contribution in [-0.4, -0.2) is 55.1 Å². The van der Waals surface area contributed by atoms with Crippen LogP contribution in [0.1, 0.15) is 18.4 Å². The van der Waals surface area contributed by atoms with Crippen molar-refractivity contribution in [3.05, 3.63) is 35.9 Å². The Labute approximate surface area is 126 Å². The highest BCUT2D eigenvalue weighted by Crippen LogP contribution is 2.21. The molecule has 0 radical (unpaired) electrons. The molecule has 0 aliphatic carbocycles. The van der Waals surface area contributed by atoms with Crippen LogP contribution in [0, 0.1) is 5.92 Å². The van der Waals surface area contributed by atoms with E-state index in [4.69, 9.17) is 4.74 Å². The van der Waals surface area contributed by atoms with Gasteiger partial charge < -0.3 is 9.64 Å². The van der Waals surface area contributed by atoms with E-state index in [0.29, 0.717) is 19.1 Å². The normalized spacial score (nSPS) is 24.0. The minimum Gasteiger partial charge on any atom is -0.378 e.